The molecule has 0 amide bonds. The van der Waals surface area contributed by atoms with Gasteiger partial charge in [-0.15, -0.1) is 0 Å². The summed E-state index contributed by atoms with van der Waals surface area (Å²) >= 11 is 0. The quantitative estimate of drug-likeness (QED) is 0.815. The van der Waals surface area contributed by atoms with E-state index in [-0.39, 0.29) is 11.8 Å². The highest BCUT2D eigenvalue weighted by molar-refractivity contribution is 5.70. The lowest BCUT2D eigenvalue weighted by molar-refractivity contribution is -0.143. The average Bonchev–Trinajstić information content (AvgIpc) is 2.25. The van der Waals surface area contributed by atoms with E-state index in [1.807, 2.05) is 13.8 Å². The minimum absolute atomic E-state index is 0.147. The summed E-state index contributed by atoms with van der Waals surface area (Å²) in [6.07, 6.45) is 0. The molecule has 0 bridgehead atoms. The number of aliphatic carboxylic acids is 1. The van der Waals surface area contributed by atoms with Gasteiger partial charge in [0, 0.05) is 13.1 Å². The summed E-state index contributed by atoms with van der Waals surface area (Å²) in [5, 5.41) is 12.3. The summed E-state index contributed by atoms with van der Waals surface area (Å²) in [6.45, 7) is 9.28. The molecule has 1 aromatic rings. The second kappa shape index (κ2) is 6.55. The first-order chi connectivity index (χ1) is 8.41. The number of aryl methyl sites for hydroxylation is 2. The largest absolute Gasteiger partial charge is 0.481 e. The van der Waals surface area contributed by atoms with Crippen molar-refractivity contribution in [3.8, 4) is 0 Å². The molecule has 0 aliphatic heterocycles. The summed E-state index contributed by atoms with van der Waals surface area (Å²) in [5.41, 5.74) is 3.73. The van der Waals surface area contributed by atoms with Crippen molar-refractivity contribution in [2.75, 3.05) is 6.54 Å². The number of nitrogens with one attached hydrogen (secondary N) is 1. The van der Waals surface area contributed by atoms with Crippen LogP contribution in [0.15, 0.2) is 18.2 Å². The number of rotatable bonds is 6. The van der Waals surface area contributed by atoms with Crippen molar-refractivity contribution >= 4 is 5.97 Å². The van der Waals surface area contributed by atoms with Gasteiger partial charge in [-0.2, -0.15) is 0 Å². The lowest BCUT2D eigenvalue weighted by Crippen LogP contribution is -2.31. The van der Waals surface area contributed by atoms with E-state index in [1.54, 1.807) is 0 Å². The van der Waals surface area contributed by atoms with Crippen LogP contribution in [0.1, 0.15) is 30.5 Å². The van der Waals surface area contributed by atoms with Crippen LogP contribution in [0.2, 0.25) is 0 Å². The van der Waals surface area contributed by atoms with Gasteiger partial charge >= 0.3 is 5.97 Å². The Labute approximate surface area is 109 Å². The van der Waals surface area contributed by atoms with E-state index in [9.17, 15) is 4.79 Å². The van der Waals surface area contributed by atoms with E-state index < -0.39 is 5.97 Å². The Morgan fingerprint density at radius 1 is 1.33 bits per heavy atom. The molecule has 0 radical (unpaired) electrons. The van der Waals surface area contributed by atoms with Crippen LogP contribution >= 0.6 is 0 Å². The van der Waals surface area contributed by atoms with E-state index in [2.05, 4.69) is 37.4 Å². The fourth-order valence-electron chi connectivity index (χ4n) is 2.01. The molecular weight excluding hydrogens is 226 g/mol. The molecule has 1 unspecified atom stereocenters. The fourth-order valence-corrected chi connectivity index (χ4v) is 2.01. The maximum absolute atomic E-state index is 11.1. The normalized spacial score (nSPS) is 12.7. The predicted molar refractivity (Wildman–Crippen MR) is 73.6 cm³/mol. The molecule has 0 saturated heterocycles. The maximum Gasteiger partial charge on any atom is 0.308 e. The standard InChI is InChI=1S/C15H23NO2/c1-10(2)14(15(17)18)9-16-8-13-6-5-11(3)7-12(13)4/h5-7,10,14,16H,8-9H2,1-4H3,(H,17,18). The van der Waals surface area contributed by atoms with Crippen molar-refractivity contribution in [3.63, 3.8) is 0 Å². The van der Waals surface area contributed by atoms with Gasteiger partial charge in [0.2, 0.25) is 0 Å². The summed E-state index contributed by atoms with van der Waals surface area (Å²) in [7, 11) is 0. The van der Waals surface area contributed by atoms with Crippen LogP contribution in [0.3, 0.4) is 0 Å². The maximum atomic E-state index is 11.1. The Morgan fingerprint density at radius 3 is 2.50 bits per heavy atom. The van der Waals surface area contributed by atoms with Crippen LogP contribution in [-0.4, -0.2) is 17.6 Å². The number of carboxylic acids is 1. The van der Waals surface area contributed by atoms with Crippen LogP contribution < -0.4 is 5.32 Å². The van der Waals surface area contributed by atoms with Gasteiger partial charge in [-0.25, -0.2) is 0 Å². The van der Waals surface area contributed by atoms with Gasteiger partial charge in [0.1, 0.15) is 0 Å². The third-order valence-electron chi connectivity index (χ3n) is 3.30. The first kappa shape index (κ1) is 14.7. The Bertz CT molecular complexity index is 413. The minimum Gasteiger partial charge on any atom is -0.481 e. The van der Waals surface area contributed by atoms with Crippen molar-refractivity contribution in [3.05, 3.63) is 34.9 Å². The van der Waals surface area contributed by atoms with Gasteiger partial charge in [0.25, 0.3) is 0 Å². The zero-order valence-electron chi connectivity index (χ0n) is 11.7. The van der Waals surface area contributed by atoms with E-state index in [4.69, 9.17) is 5.11 Å². The molecule has 100 valence electrons. The molecule has 18 heavy (non-hydrogen) atoms. The van der Waals surface area contributed by atoms with Gasteiger partial charge in [-0.05, 0) is 30.9 Å². The van der Waals surface area contributed by atoms with Crippen molar-refractivity contribution in [1.82, 2.24) is 5.32 Å². The molecule has 0 saturated carbocycles. The molecule has 0 spiro atoms. The topological polar surface area (TPSA) is 49.3 Å². The summed E-state index contributed by atoms with van der Waals surface area (Å²) in [6, 6.07) is 6.33. The molecule has 0 aliphatic carbocycles. The van der Waals surface area contributed by atoms with Crippen LogP contribution in [0, 0.1) is 25.7 Å². The summed E-state index contributed by atoms with van der Waals surface area (Å²) < 4.78 is 0. The van der Waals surface area contributed by atoms with Crippen LogP contribution in [0.25, 0.3) is 0 Å². The molecule has 1 atom stereocenters. The monoisotopic (exact) mass is 249 g/mol. The molecule has 1 rings (SSSR count). The van der Waals surface area contributed by atoms with Crippen LogP contribution in [0.4, 0.5) is 0 Å². The van der Waals surface area contributed by atoms with Crippen molar-refractivity contribution in [2.45, 2.75) is 34.2 Å². The zero-order valence-corrected chi connectivity index (χ0v) is 11.7. The van der Waals surface area contributed by atoms with E-state index in [0.29, 0.717) is 6.54 Å². The highest BCUT2D eigenvalue weighted by Crippen LogP contribution is 2.12. The number of carboxylic acid groups (broad SMARTS) is 1. The second-order valence-corrected chi connectivity index (χ2v) is 5.25. The minimum atomic E-state index is -0.724. The third-order valence-corrected chi connectivity index (χ3v) is 3.30. The predicted octanol–water partition coefficient (Wildman–Crippen LogP) is 2.75. The number of hydrogen-bond donors (Lipinski definition) is 2. The van der Waals surface area contributed by atoms with Gasteiger partial charge in [0.15, 0.2) is 0 Å². The van der Waals surface area contributed by atoms with E-state index in [1.165, 1.54) is 16.7 Å². The lowest BCUT2D eigenvalue weighted by atomic mass is 9.96. The molecule has 1 aromatic carbocycles. The third kappa shape index (κ3) is 4.15. The number of benzene rings is 1. The summed E-state index contributed by atoms with van der Waals surface area (Å²) in [4.78, 5) is 11.1. The first-order valence-corrected chi connectivity index (χ1v) is 6.41. The fraction of sp³-hybridized carbons (Fsp3) is 0.533. The second-order valence-electron chi connectivity index (χ2n) is 5.25. The van der Waals surface area contributed by atoms with Gasteiger partial charge in [0.05, 0.1) is 5.92 Å². The molecule has 0 heterocycles. The van der Waals surface area contributed by atoms with Crippen molar-refractivity contribution in [1.29, 1.82) is 0 Å². The molecule has 3 nitrogen and oxygen atoms in total. The molecule has 0 aromatic heterocycles. The van der Waals surface area contributed by atoms with Gasteiger partial charge < -0.3 is 10.4 Å². The Kier molecular flexibility index (Phi) is 5.35. The SMILES string of the molecule is Cc1ccc(CNCC(C(=O)O)C(C)C)c(C)c1. The smallest absolute Gasteiger partial charge is 0.308 e. The highest BCUT2D eigenvalue weighted by Gasteiger charge is 2.20. The Hall–Kier alpha value is -1.35. The van der Waals surface area contributed by atoms with Crippen molar-refractivity contribution in [2.24, 2.45) is 11.8 Å². The van der Waals surface area contributed by atoms with Crippen molar-refractivity contribution < 1.29 is 9.90 Å². The average molecular weight is 249 g/mol. The number of carbonyl (C=O) groups is 1. The highest BCUT2D eigenvalue weighted by atomic mass is 16.4. The zero-order chi connectivity index (χ0) is 13.7. The molecule has 0 aliphatic rings. The van der Waals surface area contributed by atoms with E-state index >= 15 is 0 Å². The van der Waals surface area contributed by atoms with E-state index in [0.717, 1.165) is 6.54 Å². The van der Waals surface area contributed by atoms with Crippen LogP contribution in [0.5, 0.6) is 0 Å². The number of hydrogen-bond acceptors (Lipinski definition) is 2. The lowest BCUT2D eigenvalue weighted by Gasteiger charge is -2.17. The first-order valence-electron chi connectivity index (χ1n) is 6.41. The van der Waals surface area contributed by atoms with Gasteiger partial charge in [-0.3, -0.25) is 4.79 Å². The molecule has 0 fully saturated rings. The molecule has 3 heteroatoms. The van der Waals surface area contributed by atoms with Crippen LogP contribution in [-0.2, 0) is 11.3 Å². The van der Waals surface area contributed by atoms with Gasteiger partial charge in [-0.1, -0.05) is 37.6 Å². The molecule has 2 N–H and O–H groups in total. The Morgan fingerprint density at radius 2 is 2.00 bits per heavy atom. The Balaban J connectivity index is 2.53. The molecular formula is C15H23NO2. The summed E-state index contributed by atoms with van der Waals surface area (Å²) in [5.74, 6) is -0.900.